The Labute approximate surface area is 185 Å². The van der Waals surface area contributed by atoms with Gasteiger partial charge in [0, 0.05) is 40.1 Å². The van der Waals surface area contributed by atoms with Crippen molar-refractivity contribution < 1.29 is 9.59 Å². The van der Waals surface area contributed by atoms with Crippen LogP contribution in [0, 0.1) is 0 Å². The van der Waals surface area contributed by atoms with Crippen LogP contribution in [-0.2, 0) is 11.2 Å². The molecule has 1 amide bonds. The van der Waals surface area contributed by atoms with Gasteiger partial charge < -0.3 is 4.90 Å². The topological polar surface area (TPSA) is 37.4 Å². The van der Waals surface area contributed by atoms with Gasteiger partial charge >= 0.3 is 0 Å². The summed E-state index contributed by atoms with van der Waals surface area (Å²) in [6.07, 6.45) is 2.14. The maximum absolute atomic E-state index is 13.2. The van der Waals surface area contributed by atoms with Crippen LogP contribution in [-0.4, -0.2) is 18.2 Å². The molecule has 0 saturated carbocycles. The molecule has 0 N–H and O–H groups in total. The summed E-state index contributed by atoms with van der Waals surface area (Å²) in [5, 5.41) is 1.24. The van der Waals surface area contributed by atoms with Crippen molar-refractivity contribution in [2.75, 3.05) is 11.4 Å². The van der Waals surface area contributed by atoms with E-state index in [0.717, 1.165) is 41.8 Å². The fourth-order valence-corrected chi connectivity index (χ4v) is 4.93. The highest BCUT2D eigenvalue weighted by Crippen LogP contribution is 2.45. The second-order valence-corrected chi connectivity index (χ2v) is 8.74. The number of hydrogen-bond donors (Lipinski definition) is 0. The molecule has 0 fully saturated rings. The Morgan fingerprint density at radius 2 is 1.73 bits per heavy atom. The van der Waals surface area contributed by atoms with Crippen LogP contribution in [0.2, 0.25) is 10.0 Å². The van der Waals surface area contributed by atoms with E-state index < -0.39 is 0 Å². The molecule has 0 aliphatic carbocycles. The quantitative estimate of drug-likeness (QED) is 0.470. The molecule has 5 heteroatoms. The molecule has 2 heterocycles. The molecular formula is C25H19Cl2NO2. The minimum atomic E-state index is -0.114. The summed E-state index contributed by atoms with van der Waals surface area (Å²) in [5.41, 5.74) is 5.33. The summed E-state index contributed by atoms with van der Waals surface area (Å²) in [7, 11) is 0. The Morgan fingerprint density at radius 3 is 2.50 bits per heavy atom. The predicted molar refractivity (Wildman–Crippen MR) is 120 cm³/mol. The van der Waals surface area contributed by atoms with Gasteiger partial charge in [0.1, 0.15) is 0 Å². The average Bonchev–Trinajstić information content (AvgIpc) is 2.76. The van der Waals surface area contributed by atoms with Crippen LogP contribution in [0.4, 0.5) is 5.69 Å². The molecule has 0 spiro atoms. The zero-order valence-corrected chi connectivity index (χ0v) is 17.7. The number of aryl methyl sites for hydroxylation is 1. The summed E-state index contributed by atoms with van der Waals surface area (Å²) >= 11 is 12.2. The maximum Gasteiger partial charge on any atom is 0.227 e. The minimum absolute atomic E-state index is 0.0374. The summed E-state index contributed by atoms with van der Waals surface area (Å²) in [6.45, 7) is 0.728. The third-order valence-electron chi connectivity index (χ3n) is 5.99. The molecule has 3 aromatic rings. The van der Waals surface area contributed by atoms with E-state index in [0.29, 0.717) is 27.6 Å². The third kappa shape index (κ3) is 3.32. The van der Waals surface area contributed by atoms with Gasteiger partial charge in [-0.05, 0) is 78.1 Å². The lowest BCUT2D eigenvalue weighted by Gasteiger charge is -2.39. The van der Waals surface area contributed by atoms with Crippen LogP contribution in [0.5, 0.6) is 0 Å². The predicted octanol–water partition coefficient (Wildman–Crippen LogP) is 6.04. The molecule has 0 bridgehead atoms. The minimum Gasteiger partial charge on any atom is -0.312 e. The van der Waals surface area contributed by atoms with Crippen LogP contribution in [0.3, 0.4) is 0 Å². The van der Waals surface area contributed by atoms with Crippen LogP contribution in [0.1, 0.15) is 51.4 Å². The van der Waals surface area contributed by atoms with E-state index in [1.165, 1.54) is 0 Å². The monoisotopic (exact) mass is 435 g/mol. The van der Waals surface area contributed by atoms with Gasteiger partial charge in [0.25, 0.3) is 0 Å². The molecular weight excluding hydrogens is 417 g/mol. The van der Waals surface area contributed by atoms with E-state index in [4.69, 9.17) is 23.2 Å². The number of carbonyl (C=O) groups excluding carboxylic acids is 2. The molecule has 0 radical (unpaired) electrons. The number of ketones is 1. The lowest BCUT2D eigenvalue weighted by Crippen LogP contribution is -2.41. The highest BCUT2D eigenvalue weighted by Gasteiger charge is 2.36. The maximum atomic E-state index is 13.2. The molecule has 3 nitrogen and oxygen atoms in total. The van der Waals surface area contributed by atoms with E-state index in [2.05, 4.69) is 0 Å². The van der Waals surface area contributed by atoms with E-state index in [-0.39, 0.29) is 17.6 Å². The van der Waals surface area contributed by atoms with E-state index in [1.54, 1.807) is 24.3 Å². The Morgan fingerprint density at radius 1 is 0.933 bits per heavy atom. The van der Waals surface area contributed by atoms with Gasteiger partial charge in [-0.15, -0.1) is 0 Å². The zero-order chi connectivity index (χ0) is 20.8. The number of nitrogens with zero attached hydrogens (tertiary/aromatic N) is 1. The van der Waals surface area contributed by atoms with Gasteiger partial charge in [-0.25, -0.2) is 0 Å². The lowest BCUT2D eigenvalue weighted by molar-refractivity contribution is -0.119. The van der Waals surface area contributed by atoms with Crippen molar-refractivity contribution in [2.45, 2.75) is 25.2 Å². The Balaban J connectivity index is 1.67. The first-order valence-electron chi connectivity index (χ1n) is 10.0. The second-order valence-electron chi connectivity index (χ2n) is 7.87. The van der Waals surface area contributed by atoms with E-state index >= 15 is 0 Å². The van der Waals surface area contributed by atoms with Crippen LogP contribution >= 0.6 is 23.2 Å². The van der Waals surface area contributed by atoms with Gasteiger partial charge in [-0.2, -0.15) is 0 Å². The van der Waals surface area contributed by atoms with Gasteiger partial charge in [-0.3, -0.25) is 9.59 Å². The average molecular weight is 436 g/mol. The molecule has 30 heavy (non-hydrogen) atoms. The molecule has 3 aromatic carbocycles. The Hall–Kier alpha value is -2.62. The molecule has 2 aliphatic heterocycles. The number of benzene rings is 3. The molecule has 1 unspecified atom stereocenters. The number of rotatable bonds is 3. The number of halogens is 2. The van der Waals surface area contributed by atoms with Crippen molar-refractivity contribution in [3.05, 3.63) is 98.5 Å². The van der Waals surface area contributed by atoms with Crippen molar-refractivity contribution in [3.8, 4) is 0 Å². The van der Waals surface area contributed by atoms with Gasteiger partial charge in [0.2, 0.25) is 5.91 Å². The summed E-state index contributed by atoms with van der Waals surface area (Å²) in [4.78, 5) is 28.1. The number of hydrogen-bond acceptors (Lipinski definition) is 2. The van der Waals surface area contributed by atoms with E-state index in [9.17, 15) is 9.59 Å². The summed E-state index contributed by atoms with van der Waals surface area (Å²) < 4.78 is 0. The van der Waals surface area contributed by atoms with Crippen molar-refractivity contribution >= 4 is 40.6 Å². The molecule has 2 aliphatic rings. The standard InChI is InChI=1S/C25H19Cl2NO2/c26-19-8-6-15(7-9-19)25(30)18-11-17-4-2-10-28-23(29)14-21(22(13-18)24(17)28)16-3-1-5-20(27)12-16/h1,3,5-9,11-13,21H,2,4,10,14H2. The Kier molecular flexibility index (Phi) is 4.88. The summed E-state index contributed by atoms with van der Waals surface area (Å²) in [6, 6.07) is 18.5. The largest absolute Gasteiger partial charge is 0.312 e. The second kappa shape index (κ2) is 7.57. The molecule has 1 atom stereocenters. The van der Waals surface area contributed by atoms with E-state index in [1.807, 2.05) is 41.3 Å². The van der Waals surface area contributed by atoms with Gasteiger partial charge in [0.05, 0.1) is 5.69 Å². The zero-order valence-electron chi connectivity index (χ0n) is 16.2. The highest BCUT2D eigenvalue weighted by atomic mass is 35.5. The Bertz CT molecular complexity index is 1170. The normalized spacial score (nSPS) is 17.6. The fraction of sp³-hybridized carbons (Fsp3) is 0.200. The van der Waals surface area contributed by atoms with Crippen LogP contribution < -0.4 is 4.90 Å². The first-order chi connectivity index (χ1) is 14.5. The molecule has 0 aromatic heterocycles. The first kappa shape index (κ1) is 19.3. The molecule has 5 rings (SSSR count). The molecule has 150 valence electrons. The first-order valence-corrected chi connectivity index (χ1v) is 10.8. The van der Waals surface area contributed by atoms with Crippen LogP contribution in [0.25, 0.3) is 0 Å². The molecule has 0 saturated heterocycles. The SMILES string of the molecule is O=C(c1ccc(Cl)cc1)c1cc2c3c(c1)C(c1cccc(Cl)c1)CC(=O)N3CCC2. The number of anilines is 1. The van der Waals surface area contributed by atoms with Crippen LogP contribution in [0.15, 0.2) is 60.7 Å². The number of carbonyl (C=O) groups is 2. The number of amides is 1. The fourth-order valence-electron chi connectivity index (χ4n) is 4.61. The third-order valence-corrected chi connectivity index (χ3v) is 6.48. The van der Waals surface area contributed by atoms with Gasteiger partial charge in [0.15, 0.2) is 5.78 Å². The smallest absolute Gasteiger partial charge is 0.227 e. The van der Waals surface area contributed by atoms with Gasteiger partial charge in [-0.1, -0.05) is 35.3 Å². The van der Waals surface area contributed by atoms with Crippen molar-refractivity contribution in [2.24, 2.45) is 0 Å². The highest BCUT2D eigenvalue weighted by molar-refractivity contribution is 6.31. The van der Waals surface area contributed by atoms with Crippen molar-refractivity contribution in [1.82, 2.24) is 0 Å². The van der Waals surface area contributed by atoms with Crippen molar-refractivity contribution in [3.63, 3.8) is 0 Å². The summed E-state index contributed by atoms with van der Waals surface area (Å²) in [5.74, 6) is -0.0212. The lowest BCUT2D eigenvalue weighted by atomic mass is 9.79. The van der Waals surface area contributed by atoms with Crippen molar-refractivity contribution in [1.29, 1.82) is 0 Å².